The van der Waals surface area contributed by atoms with E-state index >= 15 is 0 Å². The van der Waals surface area contributed by atoms with Crippen molar-refractivity contribution in [2.45, 2.75) is 78.2 Å². The van der Waals surface area contributed by atoms with E-state index in [-0.39, 0.29) is 23.4 Å². The van der Waals surface area contributed by atoms with Gasteiger partial charge in [0.05, 0.1) is 17.6 Å². The number of carbonyl (C=O) groups is 2. The summed E-state index contributed by atoms with van der Waals surface area (Å²) < 4.78 is 5.96. The van der Waals surface area contributed by atoms with Crippen LogP contribution in [0.3, 0.4) is 0 Å². The van der Waals surface area contributed by atoms with Crippen LogP contribution in [0.25, 0.3) is 0 Å². The number of nitriles is 1. The van der Waals surface area contributed by atoms with Crippen molar-refractivity contribution >= 4 is 11.8 Å². The monoisotopic (exact) mass is 435 g/mol. The first kappa shape index (κ1) is 23.0. The van der Waals surface area contributed by atoms with Crippen LogP contribution in [0, 0.1) is 52.3 Å². The van der Waals surface area contributed by atoms with Crippen molar-refractivity contribution in [3.05, 3.63) is 35.9 Å². The van der Waals surface area contributed by atoms with E-state index in [0.717, 1.165) is 38.5 Å². The molecule has 0 saturated heterocycles. The number of Topliss-reactive ketones (excluding diaryl/α,β-unsaturated/α-hetero) is 1. The number of ketones is 1. The van der Waals surface area contributed by atoms with Gasteiger partial charge in [0.1, 0.15) is 11.9 Å². The summed E-state index contributed by atoms with van der Waals surface area (Å²) in [4.78, 5) is 25.2. The fourth-order valence-electron chi connectivity index (χ4n) is 7.34. The highest BCUT2D eigenvalue weighted by Gasteiger charge is 2.53. The number of rotatable bonds is 5. The van der Waals surface area contributed by atoms with Crippen molar-refractivity contribution in [1.29, 1.82) is 5.26 Å². The number of esters is 1. The molecule has 172 valence electrons. The Kier molecular flexibility index (Phi) is 6.75. The molecule has 8 atom stereocenters. The van der Waals surface area contributed by atoms with Crippen molar-refractivity contribution in [2.75, 3.05) is 0 Å². The van der Waals surface area contributed by atoms with Crippen LogP contribution in [0.2, 0.25) is 0 Å². The average Bonchev–Trinajstić information content (AvgIpc) is 3.11. The number of benzene rings is 1. The van der Waals surface area contributed by atoms with Crippen LogP contribution in [0.5, 0.6) is 0 Å². The molecule has 4 rings (SSSR count). The first-order valence-corrected chi connectivity index (χ1v) is 12.5. The predicted octanol–water partition coefficient (Wildman–Crippen LogP) is 6.21. The van der Waals surface area contributed by atoms with Gasteiger partial charge < -0.3 is 4.74 Å². The Bertz CT molecular complexity index is 874. The molecule has 4 heteroatoms. The zero-order chi connectivity index (χ0) is 22.9. The van der Waals surface area contributed by atoms with Crippen molar-refractivity contribution in [3.63, 3.8) is 0 Å². The van der Waals surface area contributed by atoms with Crippen LogP contribution in [0.4, 0.5) is 0 Å². The third-order valence-corrected chi connectivity index (χ3v) is 9.24. The molecule has 3 fully saturated rings. The average molecular weight is 436 g/mol. The maximum atomic E-state index is 12.6. The normalized spacial score (nSPS) is 39.2. The highest BCUT2D eigenvalue weighted by molar-refractivity contribution is 5.89. The van der Waals surface area contributed by atoms with Crippen LogP contribution in [0.15, 0.2) is 30.3 Å². The molecule has 3 saturated carbocycles. The molecule has 0 radical (unpaired) electrons. The van der Waals surface area contributed by atoms with Gasteiger partial charge >= 0.3 is 5.97 Å². The van der Waals surface area contributed by atoms with Crippen LogP contribution in [0.1, 0.15) is 82.5 Å². The lowest BCUT2D eigenvalue weighted by Gasteiger charge is -2.44. The molecule has 8 unspecified atom stereocenters. The van der Waals surface area contributed by atoms with E-state index in [4.69, 9.17) is 4.74 Å². The summed E-state index contributed by atoms with van der Waals surface area (Å²) in [5.41, 5.74) is 0.481. The molecule has 0 heterocycles. The first-order valence-electron chi connectivity index (χ1n) is 12.5. The minimum Gasteiger partial charge on any atom is -0.458 e. The first-order chi connectivity index (χ1) is 15.3. The second kappa shape index (κ2) is 9.38. The predicted molar refractivity (Wildman–Crippen MR) is 124 cm³/mol. The topological polar surface area (TPSA) is 67.2 Å². The molecular formula is C28H37NO3. The third-order valence-electron chi connectivity index (χ3n) is 9.24. The molecule has 0 bridgehead atoms. The fourth-order valence-corrected chi connectivity index (χ4v) is 7.34. The number of nitrogens with zero attached hydrogens (tertiary/aromatic N) is 1. The fraction of sp³-hybridized carbons (Fsp3) is 0.679. The maximum Gasteiger partial charge on any atom is 0.338 e. The molecule has 0 N–H and O–H groups in total. The van der Waals surface area contributed by atoms with Gasteiger partial charge in [0.25, 0.3) is 0 Å². The Labute approximate surface area is 192 Å². The van der Waals surface area contributed by atoms with E-state index in [0.29, 0.717) is 53.8 Å². The molecule has 1 aromatic rings. The van der Waals surface area contributed by atoms with Crippen LogP contribution in [-0.2, 0) is 9.53 Å². The summed E-state index contributed by atoms with van der Waals surface area (Å²) >= 11 is 0. The van der Waals surface area contributed by atoms with Gasteiger partial charge in [-0.15, -0.1) is 0 Å². The van der Waals surface area contributed by atoms with Crippen LogP contribution < -0.4 is 0 Å². The molecule has 3 aliphatic rings. The van der Waals surface area contributed by atoms with Crippen LogP contribution in [-0.4, -0.2) is 17.9 Å². The number of hydrogen-bond acceptors (Lipinski definition) is 4. The lowest BCUT2D eigenvalue weighted by atomic mass is 9.59. The summed E-state index contributed by atoms with van der Waals surface area (Å²) in [5.74, 6) is 2.43. The molecule has 3 aliphatic carbocycles. The molecule has 0 spiro atoms. The third kappa shape index (κ3) is 4.36. The van der Waals surface area contributed by atoms with E-state index in [9.17, 15) is 14.9 Å². The number of fused-ring (bicyclic) bond motifs is 1. The van der Waals surface area contributed by atoms with Crippen LogP contribution >= 0.6 is 0 Å². The lowest BCUT2D eigenvalue weighted by molar-refractivity contribution is -0.128. The quantitative estimate of drug-likeness (QED) is 0.516. The minimum atomic E-state index is -0.224. The highest BCUT2D eigenvalue weighted by atomic mass is 16.5. The van der Waals surface area contributed by atoms with Gasteiger partial charge in [-0.25, -0.2) is 4.79 Å². The summed E-state index contributed by atoms with van der Waals surface area (Å²) in [7, 11) is 0. The van der Waals surface area contributed by atoms with E-state index in [1.165, 1.54) is 0 Å². The summed E-state index contributed by atoms with van der Waals surface area (Å²) in [6.07, 6.45) is 7.35. The van der Waals surface area contributed by atoms with E-state index in [2.05, 4.69) is 26.8 Å². The van der Waals surface area contributed by atoms with Crippen molar-refractivity contribution < 1.29 is 14.3 Å². The van der Waals surface area contributed by atoms with Gasteiger partial charge in [0.15, 0.2) is 0 Å². The molecule has 0 aromatic heterocycles. The Morgan fingerprint density at radius 2 is 1.88 bits per heavy atom. The standard InChI is InChI=1S/C28H37NO3/c1-18-9-14-26(32-27(31)20-7-5-4-6-8-20)19(2)24(18)12-10-21-15-23(30)16-28(3)22(17-29)11-13-25(21)28/h4-8,18-19,21-22,24-26H,9-16H2,1-3H3. The molecule has 0 amide bonds. The summed E-state index contributed by atoms with van der Waals surface area (Å²) in [6.45, 7) is 6.75. The highest BCUT2D eigenvalue weighted by Crippen LogP contribution is 2.57. The Hall–Kier alpha value is -2.15. The van der Waals surface area contributed by atoms with Crippen molar-refractivity contribution in [3.8, 4) is 6.07 Å². The summed E-state index contributed by atoms with van der Waals surface area (Å²) in [6, 6.07) is 11.8. The Morgan fingerprint density at radius 1 is 1.12 bits per heavy atom. The molecule has 0 aliphatic heterocycles. The van der Waals surface area contributed by atoms with Gasteiger partial charge in [-0.1, -0.05) is 39.0 Å². The van der Waals surface area contributed by atoms with E-state index in [1.54, 1.807) is 0 Å². The Morgan fingerprint density at radius 3 is 2.59 bits per heavy atom. The summed E-state index contributed by atoms with van der Waals surface area (Å²) in [5, 5.41) is 9.63. The van der Waals surface area contributed by atoms with Crippen molar-refractivity contribution in [2.24, 2.45) is 40.9 Å². The van der Waals surface area contributed by atoms with Crippen molar-refractivity contribution in [1.82, 2.24) is 0 Å². The zero-order valence-corrected chi connectivity index (χ0v) is 19.8. The SMILES string of the molecule is CC1CCC(OC(=O)c2ccccc2)C(C)C1CCC1CC(=O)CC2(C)C(C#N)CCC12. The number of carbonyl (C=O) groups excluding carboxylic acids is 2. The second-order valence-corrected chi connectivity index (χ2v) is 11.0. The zero-order valence-electron chi connectivity index (χ0n) is 19.8. The van der Waals surface area contributed by atoms with Gasteiger partial charge in [-0.3, -0.25) is 4.79 Å². The largest absolute Gasteiger partial charge is 0.458 e. The minimum absolute atomic E-state index is 0.0218. The van der Waals surface area contributed by atoms with Gasteiger partial charge in [0, 0.05) is 12.8 Å². The lowest BCUT2D eigenvalue weighted by Crippen LogP contribution is -2.42. The Balaban J connectivity index is 1.40. The second-order valence-electron chi connectivity index (χ2n) is 11.0. The maximum absolute atomic E-state index is 12.6. The smallest absolute Gasteiger partial charge is 0.338 e. The van der Waals surface area contributed by atoms with E-state index < -0.39 is 0 Å². The van der Waals surface area contributed by atoms with Gasteiger partial charge in [-0.05, 0) is 85.7 Å². The number of ether oxygens (including phenoxy) is 1. The molecule has 4 nitrogen and oxygen atoms in total. The molecule has 32 heavy (non-hydrogen) atoms. The van der Waals surface area contributed by atoms with Gasteiger partial charge in [-0.2, -0.15) is 5.26 Å². The molecular weight excluding hydrogens is 398 g/mol. The molecule has 1 aromatic carbocycles. The van der Waals surface area contributed by atoms with Gasteiger partial charge in [0.2, 0.25) is 0 Å². The number of hydrogen-bond donors (Lipinski definition) is 0. The van der Waals surface area contributed by atoms with E-state index in [1.807, 2.05) is 30.3 Å².